The van der Waals surface area contributed by atoms with Crippen molar-refractivity contribution in [3.63, 3.8) is 0 Å². The van der Waals surface area contributed by atoms with Crippen LogP contribution >= 0.6 is 0 Å². The summed E-state index contributed by atoms with van der Waals surface area (Å²) in [7, 11) is -4.69. The van der Waals surface area contributed by atoms with Crippen molar-refractivity contribution in [1.82, 2.24) is 15.0 Å². The number of carbonyl (C=O) groups excluding carboxylic acids is 2. The molecule has 0 radical (unpaired) electrons. The molecule has 0 saturated carbocycles. The number of aromatic nitrogens is 3. The van der Waals surface area contributed by atoms with Crippen LogP contribution in [0, 0.1) is 5.82 Å². The number of hydrogen-bond acceptors (Lipinski definition) is 6. The van der Waals surface area contributed by atoms with Gasteiger partial charge in [-0.2, -0.15) is 8.42 Å². The van der Waals surface area contributed by atoms with E-state index in [1.807, 2.05) is 0 Å². The SMILES string of the molecule is CCC(c1ccc(C(N)=O)c(F)c1C(=O)c1c[nH]c2ncc(-c3cccnc3)cc12)S(=O)(=O)O. The van der Waals surface area contributed by atoms with Crippen molar-refractivity contribution < 1.29 is 27.0 Å². The fourth-order valence-electron chi connectivity index (χ4n) is 3.89. The molecule has 0 saturated heterocycles. The van der Waals surface area contributed by atoms with Gasteiger partial charge in [0.2, 0.25) is 0 Å². The monoisotopic (exact) mass is 482 g/mol. The number of pyridine rings is 2. The Hall–Kier alpha value is -3.96. The average molecular weight is 482 g/mol. The van der Waals surface area contributed by atoms with Crippen LogP contribution in [-0.4, -0.2) is 39.6 Å². The molecule has 0 aliphatic carbocycles. The zero-order valence-electron chi connectivity index (χ0n) is 17.8. The van der Waals surface area contributed by atoms with E-state index in [2.05, 4.69) is 15.0 Å². The van der Waals surface area contributed by atoms with Crippen LogP contribution < -0.4 is 5.73 Å². The summed E-state index contributed by atoms with van der Waals surface area (Å²) in [6.07, 6.45) is 5.98. The molecule has 3 aromatic heterocycles. The van der Waals surface area contributed by atoms with E-state index in [0.29, 0.717) is 16.6 Å². The number of aromatic amines is 1. The van der Waals surface area contributed by atoms with Gasteiger partial charge in [0, 0.05) is 46.9 Å². The highest BCUT2D eigenvalue weighted by Gasteiger charge is 2.33. The number of H-pyrrole nitrogens is 1. The number of nitrogens with two attached hydrogens (primary N) is 1. The largest absolute Gasteiger partial charge is 0.366 e. The summed E-state index contributed by atoms with van der Waals surface area (Å²) in [5.74, 6) is -3.28. The lowest BCUT2D eigenvalue weighted by atomic mass is 9.92. The zero-order chi connectivity index (χ0) is 24.6. The second kappa shape index (κ2) is 8.76. The van der Waals surface area contributed by atoms with Gasteiger partial charge in [-0.1, -0.05) is 19.1 Å². The van der Waals surface area contributed by atoms with E-state index >= 15 is 4.39 Å². The molecule has 34 heavy (non-hydrogen) atoms. The van der Waals surface area contributed by atoms with Gasteiger partial charge in [0.25, 0.3) is 16.0 Å². The molecule has 11 heteroatoms. The van der Waals surface area contributed by atoms with E-state index in [-0.39, 0.29) is 17.5 Å². The molecule has 3 heterocycles. The summed E-state index contributed by atoms with van der Waals surface area (Å²) in [5, 5.41) is -1.24. The number of benzene rings is 1. The Kier molecular flexibility index (Phi) is 5.98. The number of amides is 1. The van der Waals surface area contributed by atoms with E-state index in [4.69, 9.17) is 5.73 Å². The van der Waals surface area contributed by atoms with E-state index in [1.165, 1.54) is 13.1 Å². The molecule has 174 valence electrons. The van der Waals surface area contributed by atoms with Gasteiger partial charge >= 0.3 is 0 Å². The lowest BCUT2D eigenvalue weighted by Crippen LogP contribution is -2.21. The highest BCUT2D eigenvalue weighted by Crippen LogP contribution is 2.34. The zero-order valence-corrected chi connectivity index (χ0v) is 18.6. The van der Waals surface area contributed by atoms with Crippen LogP contribution in [0.1, 0.15) is 50.4 Å². The normalized spacial score (nSPS) is 12.6. The molecule has 4 rings (SSSR count). The maximum atomic E-state index is 15.4. The predicted molar refractivity (Wildman–Crippen MR) is 122 cm³/mol. The summed E-state index contributed by atoms with van der Waals surface area (Å²) in [6.45, 7) is 1.46. The summed E-state index contributed by atoms with van der Waals surface area (Å²) >= 11 is 0. The number of nitrogens with one attached hydrogen (secondary N) is 1. The number of fused-ring (bicyclic) bond motifs is 1. The molecule has 4 aromatic rings. The summed E-state index contributed by atoms with van der Waals surface area (Å²) in [6, 6.07) is 7.32. The highest BCUT2D eigenvalue weighted by molar-refractivity contribution is 7.86. The Bertz CT molecular complexity index is 1530. The molecule has 0 aliphatic heterocycles. The van der Waals surface area contributed by atoms with Crippen LogP contribution in [0.4, 0.5) is 4.39 Å². The number of nitrogens with zero attached hydrogens (tertiary/aromatic N) is 2. The van der Waals surface area contributed by atoms with Crippen LogP contribution in [0.25, 0.3) is 22.2 Å². The van der Waals surface area contributed by atoms with E-state index < -0.39 is 44.0 Å². The first kappa shape index (κ1) is 23.2. The second-order valence-corrected chi connectivity index (χ2v) is 9.16. The van der Waals surface area contributed by atoms with Crippen LogP contribution in [0.2, 0.25) is 0 Å². The fraction of sp³-hybridized carbons (Fsp3) is 0.130. The molecule has 0 fully saturated rings. The van der Waals surface area contributed by atoms with Gasteiger partial charge in [-0.05, 0) is 30.2 Å². The maximum Gasteiger partial charge on any atom is 0.272 e. The molecular formula is C23H19FN4O5S. The number of halogens is 1. The smallest absolute Gasteiger partial charge is 0.272 e. The number of rotatable bonds is 7. The molecule has 1 amide bonds. The van der Waals surface area contributed by atoms with Gasteiger partial charge < -0.3 is 10.7 Å². The van der Waals surface area contributed by atoms with Crippen molar-refractivity contribution in [2.24, 2.45) is 5.73 Å². The first-order chi connectivity index (χ1) is 16.1. The number of primary amides is 1. The standard InChI is InChI=1S/C23H19FN4O5S/c1-2-18(34(31,32)33)14-5-6-15(22(25)30)20(24)19(14)21(29)17-11-28-23-16(17)8-13(10-27-23)12-4-3-7-26-9-12/h3-11,18H,2H2,1H3,(H2,25,30)(H,27,28)(H,31,32,33). The van der Waals surface area contributed by atoms with Crippen LogP contribution in [0.5, 0.6) is 0 Å². The van der Waals surface area contributed by atoms with Crippen LogP contribution in [0.15, 0.2) is 55.1 Å². The molecular weight excluding hydrogens is 463 g/mol. The molecule has 1 aromatic carbocycles. The molecule has 9 nitrogen and oxygen atoms in total. The van der Waals surface area contributed by atoms with Crippen molar-refractivity contribution in [1.29, 1.82) is 0 Å². The minimum atomic E-state index is -4.69. The van der Waals surface area contributed by atoms with Gasteiger partial charge in [-0.3, -0.25) is 19.1 Å². The van der Waals surface area contributed by atoms with Gasteiger partial charge in [0.05, 0.1) is 11.1 Å². The minimum absolute atomic E-state index is 0.000187. The Morgan fingerprint density at radius 2 is 1.94 bits per heavy atom. The lowest BCUT2D eigenvalue weighted by molar-refractivity contribution is 0.0996. The third kappa shape index (κ3) is 4.06. The van der Waals surface area contributed by atoms with E-state index in [9.17, 15) is 22.6 Å². The van der Waals surface area contributed by atoms with Gasteiger partial charge in [-0.15, -0.1) is 0 Å². The fourth-order valence-corrected chi connectivity index (χ4v) is 4.83. The number of carbonyl (C=O) groups is 2. The van der Waals surface area contributed by atoms with Gasteiger partial charge in [0.1, 0.15) is 16.7 Å². The van der Waals surface area contributed by atoms with Crippen molar-refractivity contribution in [2.45, 2.75) is 18.6 Å². The van der Waals surface area contributed by atoms with Crippen LogP contribution in [0.3, 0.4) is 0 Å². The molecule has 1 unspecified atom stereocenters. The lowest BCUT2D eigenvalue weighted by Gasteiger charge is -2.17. The molecule has 4 N–H and O–H groups in total. The molecule has 0 spiro atoms. The van der Waals surface area contributed by atoms with E-state index in [1.54, 1.807) is 36.8 Å². The van der Waals surface area contributed by atoms with E-state index in [0.717, 1.165) is 17.7 Å². The predicted octanol–water partition coefficient (Wildman–Crippen LogP) is 3.43. The quantitative estimate of drug-likeness (QED) is 0.269. The molecule has 0 aliphatic rings. The average Bonchev–Trinajstić information content (AvgIpc) is 3.22. The first-order valence-corrected chi connectivity index (χ1v) is 11.6. The Balaban J connectivity index is 1.95. The topological polar surface area (TPSA) is 156 Å². The highest BCUT2D eigenvalue weighted by atomic mass is 32.2. The second-order valence-electron chi connectivity index (χ2n) is 7.56. The molecule has 1 atom stereocenters. The number of ketones is 1. The Morgan fingerprint density at radius 1 is 1.18 bits per heavy atom. The van der Waals surface area contributed by atoms with Crippen molar-refractivity contribution in [3.8, 4) is 11.1 Å². The van der Waals surface area contributed by atoms with Crippen molar-refractivity contribution >= 4 is 32.8 Å². The van der Waals surface area contributed by atoms with Crippen molar-refractivity contribution in [3.05, 3.63) is 83.2 Å². The summed E-state index contributed by atoms with van der Waals surface area (Å²) < 4.78 is 49.1. The maximum absolute atomic E-state index is 15.4. The summed E-state index contributed by atoms with van der Waals surface area (Å²) in [4.78, 5) is 36.5. The van der Waals surface area contributed by atoms with Gasteiger partial charge in [0.15, 0.2) is 5.78 Å². The third-order valence-corrected chi connectivity index (χ3v) is 6.82. The van der Waals surface area contributed by atoms with Gasteiger partial charge in [-0.25, -0.2) is 9.37 Å². The molecule has 0 bridgehead atoms. The first-order valence-electron chi connectivity index (χ1n) is 10.1. The Morgan fingerprint density at radius 3 is 2.56 bits per heavy atom. The van der Waals surface area contributed by atoms with Crippen molar-refractivity contribution in [2.75, 3.05) is 0 Å². The number of hydrogen-bond donors (Lipinski definition) is 3. The Labute approximate surface area is 193 Å². The van der Waals surface area contributed by atoms with Crippen LogP contribution in [-0.2, 0) is 10.1 Å². The third-order valence-electron chi connectivity index (χ3n) is 5.51. The minimum Gasteiger partial charge on any atom is -0.366 e. The summed E-state index contributed by atoms with van der Waals surface area (Å²) in [5.41, 5.74) is 5.45.